The Labute approximate surface area is 187 Å². The number of ketones is 1. The fourth-order valence-corrected chi connectivity index (χ4v) is 4.31. The van der Waals surface area contributed by atoms with Crippen molar-refractivity contribution >= 4 is 16.8 Å². The standard InChI is InChI=1S/C25H29FN2O4/c1-17(29)19-8-9-21(23(16-19)30-2)31-15-4-3-12-28-13-10-18(11-14-28)25-24-20(26)6-5-7-22(24)32-27-25/h5-9,16,18H,3-4,10-15H2,1-2H3. The highest BCUT2D eigenvalue weighted by Gasteiger charge is 2.26. The number of carbonyl (C=O) groups excluding carboxylic acids is 1. The van der Waals surface area contributed by atoms with E-state index in [1.807, 2.05) is 0 Å². The molecule has 1 fully saturated rings. The third kappa shape index (κ3) is 4.93. The molecule has 1 aliphatic heterocycles. The van der Waals surface area contributed by atoms with Crippen LogP contribution in [-0.4, -0.2) is 49.2 Å². The van der Waals surface area contributed by atoms with E-state index in [9.17, 15) is 9.18 Å². The molecule has 7 heteroatoms. The predicted octanol–water partition coefficient (Wildman–Crippen LogP) is 5.22. The van der Waals surface area contributed by atoms with Crippen LogP contribution in [0.15, 0.2) is 40.9 Å². The highest BCUT2D eigenvalue weighted by atomic mass is 19.1. The minimum atomic E-state index is -0.256. The first-order chi connectivity index (χ1) is 15.6. The zero-order chi connectivity index (χ0) is 22.5. The summed E-state index contributed by atoms with van der Waals surface area (Å²) >= 11 is 0. The molecule has 0 atom stereocenters. The smallest absolute Gasteiger partial charge is 0.170 e. The molecular formula is C25H29FN2O4. The molecule has 3 aromatic rings. The van der Waals surface area contributed by atoms with E-state index < -0.39 is 0 Å². The highest BCUT2D eigenvalue weighted by molar-refractivity contribution is 5.94. The van der Waals surface area contributed by atoms with Gasteiger partial charge in [-0.15, -0.1) is 0 Å². The summed E-state index contributed by atoms with van der Waals surface area (Å²) in [6.45, 7) is 5.06. The van der Waals surface area contributed by atoms with Gasteiger partial charge in [0.1, 0.15) is 5.82 Å². The van der Waals surface area contributed by atoms with Crippen molar-refractivity contribution in [3.63, 3.8) is 0 Å². The normalized spacial score (nSPS) is 15.2. The maximum absolute atomic E-state index is 14.2. The molecular weight excluding hydrogens is 411 g/mol. The molecule has 1 saturated heterocycles. The average Bonchev–Trinajstić information content (AvgIpc) is 3.25. The van der Waals surface area contributed by atoms with E-state index in [0.29, 0.717) is 34.6 Å². The molecule has 4 rings (SSSR count). The van der Waals surface area contributed by atoms with Gasteiger partial charge in [0.15, 0.2) is 22.9 Å². The van der Waals surface area contributed by atoms with Gasteiger partial charge in [-0.1, -0.05) is 11.2 Å². The Morgan fingerprint density at radius 3 is 2.75 bits per heavy atom. The van der Waals surface area contributed by atoms with Crippen LogP contribution >= 0.6 is 0 Å². The van der Waals surface area contributed by atoms with Crippen molar-refractivity contribution in [2.45, 2.75) is 38.5 Å². The monoisotopic (exact) mass is 440 g/mol. The molecule has 0 aliphatic carbocycles. The van der Waals surface area contributed by atoms with Crippen LogP contribution in [0.4, 0.5) is 4.39 Å². The topological polar surface area (TPSA) is 64.8 Å². The fourth-order valence-electron chi connectivity index (χ4n) is 4.31. The lowest BCUT2D eigenvalue weighted by Gasteiger charge is -2.31. The number of methoxy groups -OCH3 is 1. The van der Waals surface area contributed by atoms with Crippen molar-refractivity contribution in [2.24, 2.45) is 0 Å². The number of carbonyl (C=O) groups is 1. The molecule has 1 aromatic heterocycles. The summed E-state index contributed by atoms with van der Waals surface area (Å²) in [6, 6.07) is 10.1. The quantitative estimate of drug-likeness (QED) is 0.336. The molecule has 1 aliphatic rings. The summed E-state index contributed by atoms with van der Waals surface area (Å²) in [5.74, 6) is 1.22. The molecule has 6 nitrogen and oxygen atoms in total. The Hall–Kier alpha value is -2.93. The van der Waals surface area contributed by atoms with Crippen LogP contribution in [-0.2, 0) is 0 Å². The summed E-state index contributed by atoms with van der Waals surface area (Å²) in [5.41, 5.74) is 1.89. The molecule has 0 saturated carbocycles. The number of unbranched alkanes of at least 4 members (excludes halogenated alkanes) is 1. The third-order valence-corrected chi connectivity index (χ3v) is 6.14. The SMILES string of the molecule is COc1cc(C(C)=O)ccc1OCCCCN1CCC(c2noc3cccc(F)c23)CC1. The predicted molar refractivity (Wildman–Crippen MR) is 120 cm³/mol. The van der Waals surface area contributed by atoms with Crippen LogP contribution in [0.1, 0.15) is 54.6 Å². The number of benzene rings is 2. The fraction of sp³-hybridized carbons (Fsp3) is 0.440. The summed E-state index contributed by atoms with van der Waals surface area (Å²) in [4.78, 5) is 14.0. The van der Waals surface area contributed by atoms with Crippen molar-refractivity contribution in [1.82, 2.24) is 10.1 Å². The van der Waals surface area contributed by atoms with Gasteiger partial charge < -0.3 is 18.9 Å². The van der Waals surface area contributed by atoms with Crippen LogP contribution in [0.5, 0.6) is 11.5 Å². The number of fused-ring (bicyclic) bond motifs is 1. The van der Waals surface area contributed by atoms with Gasteiger partial charge in [-0.25, -0.2) is 4.39 Å². The Bertz CT molecular complexity index is 1070. The van der Waals surface area contributed by atoms with E-state index >= 15 is 0 Å². The third-order valence-electron chi connectivity index (χ3n) is 6.14. The molecule has 32 heavy (non-hydrogen) atoms. The minimum Gasteiger partial charge on any atom is -0.493 e. The number of hydrogen-bond donors (Lipinski definition) is 0. The summed E-state index contributed by atoms with van der Waals surface area (Å²) in [5, 5.41) is 4.71. The molecule has 0 amide bonds. The zero-order valence-corrected chi connectivity index (χ0v) is 18.6. The van der Waals surface area contributed by atoms with Crippen molar-refractivity contribution in [1.29, 1.82) is 0 Å². The van der Waals surface area contributed by atoms with Crippen molar-refractivity contribution < 1.29 is 23.2 Å². The van der Waals surface area contributed by atoms with E-state index in [-0.39, 0.29) is 17.5 Å². The number of hydrogen-bond acceptors (Lipinski definition) is 6. The van der Waals surface area contributed by atoms with Gasteiger partial charge in [-0.05, 0) is 82.6 Å². The van der Waals surface area contributed by atoms with E-state index in [2.05, 4.69) is 10.1 Å². The molecule has 0 unspecified atom stereocenters. The lowest BCUT2D eigenvalue weighted by atomic mass is 9.91. The summed E-state index contributed by atoms with van der Waals surface area (Å²) in [7, 11) is 1.58. The molecule has 2 aromatic carbocycles. The Morgan fingerprint density at radius 2 is 2.00 bits per heavy atom. The Balaban J connectivity index is 1.20. The van der Waals surface area contributed by atoms with Crippen LogP contribution in [0.2, 0.25) is 0 Å². The molecule has 0 radical (unpaired) electrons. The molecule has 170 valence electrons. The van der Waals surface area contributed by atoms with E-state index in [1.165, 1.54) is 13.0 Å². The lowest BCUT2D eigenvalue weighted by Crippen LogP contribution is -2.34. The molecule has 0 bridgehead atoms. The number of nitrogens with zero attached hydrogens (tertiary/aromatic N) is 2. The van der Waals surface area contributed by atoms with E-state index in [1.54, 1.807) is 37.4 Å². The van der Waals surface area contributed by atoms with Gasteiger partial charge in [0.2, 0.25) is 0 Å². The molecule has 0 N–H and O–H groups in total. The van der Waals surface area contributed by atoms with Crippen molar-refractivity contribution in [3.8, 4) is 11.5 Å². The number of piperidine rings is 1. The summed E-state index contributed by atoms with van der Waals surface area (Å²) < 4.78 is 30.8. The second kappa shape index (κ2) is 10.1. The van der Waals surface area contributed by atoms with Gasteiger partial charge in [-0.3, -0.25) is 4.79 Å². The van der Waals surface area contributed by atoms with Crippen LogP contribution in [0.25, 0.3) is 11.0 Å². The average molecular weight is 441 g/mol. The van der Waals surface area contributed by atoms with Crippen LogP contribution in [0.3, 0.4) is 0 Å². The first-order valence-electron chi connectivity index (χ1n) is 11.1. The highest BCUT2D eigenvalue weighted by Crippen LogP contribution is 2.34. The number of ether oxygens (including phenoxy) is 2. The van der Waals surface area contributed by atoms with Crippen molar-refractivity contribution in [2.75, 3.05) is 33.4 Å². The van der Waals surface area contributed by atoms with Crippen LogP contribution in [0, 0.1) is 5.82 Å². The molecule has 2 heterocycles. The molecule has 0 spiro atoms. The number of likely N-dealkylation sites (tertiary alicyclic amines) is 1. The number of Topliss-reactive ketones (excluding diaryl/α,β-unsaturated/α-hetero) is 1. The minimum absolute atomic E-state index is 0.000457. The number of halogens is 1. The van der Waals surface area contributed by atoms with Gasteiger partial charge in [0.05, 0.1) is 24.8 Å². The van der Waals surface area contributed by atoms with Crippen LogP contribution < -0.4 is 9.47 Å². The van der Waals surface area contributed by atoms with Crippen molar-refractivity contribution in [3.05, 3.63) is 53.5 Å². The Morgan fingerprint density at radius 1 is 1.19 bits per heavy atom. The van der Waals surface area contributed by atoms with Gasteiger partial charge >= 0.3 is 0 Å². The Kier molecular flexibility index (Phi) is 7.05. The maximum atomic E-state index is 14.2. The number of aromatic nitrogens is 1. The van der Waals surface area contributed by atoms with Gasteiger partial charge in [-0.2, -0.15) is 0 Å². The van der Waals surface area contributed by atoms with Gasteiger partial charge in [0.25, 0.3) is 0 Å². The maximum Gasteiger partial charge on any atom is 0.170 e. The number of rotatable bonds is 9. The zero-order valence-electron chi connectivity index (χ0n) is 18.6. The second-order valence-corrected chi connectivity index (χ2v) is 8.27. The first-order valence-corrected chi connectivity index (χ1v) is 11.1. The first kappa shape index (κ1) is 22.3. The van der Waals surface area contributed by atoms with E-state index in [0.717, 1.165) is 51.0 Å². The lowest BCUT2D eigenvalue weighted by molar-refractivity contribution is 0.101. The second-order valence-electron chi connectivity index (χ2n) is 8.27. The summed E-state index contributed by atoms with van der Waals surface area (Å²) in [6.07, 6.45) is 3.86. The largest absolute Gasteiger partial charge is 0.493 e. The van der Waals surface area contributed by atoms with Gasteiger partial charge in [0, 0.05) is 11.5 Å². The van der Waals surface area contributed by atoms with E-state index in [4.69, 9.17) is 14.0 Å².